The van der Waals surface area contributed by atoms with Crippen LogP contribution in [0, 0.1) is 18.3 Å². The molecule has 100 valence electrons. The number of hydrogen-bond donors (Lipinski definition) is 1. The molecule has 2 aromatic carbocycles. The Balaban J connectivity index is 2.27. The molecule has 20 heavy (non-hydrogen) atoms. The molecule has 0 atom stereocenters. The van der Waals surface area contributed by atoms with E-state index >= 15 is 0 Å². The Labute approximate surface area is 124 Å². The van der Waals surface area contributed by atoms with Crippen molar-refractivity contribution in [2.45, 2.75) is 6.92 Å². The third-order valence-corrected chi connectivity index (χ3v) is 3.38. The first-order valence-corrected chi connectivity index (χ1v) is 6.52. The van der Waals surface area contributed by atoms with Crippen molar-refractivity contribution in [1.29, 1.82) is 5.26 Å². The Bertz CT molecular complexity index is 720. The van der Waals surface area contributed by atoms with E-state index in [1.54, 1.807) is 37.3 Å². The molecule has 0 aliphatic rings. The minimum atomic E-state index is -0.963. The third kappa shape index (κ3) is 2.98. The van der Waals surface area contributed by atoms with Gasteiger partial charge in [-0.2, -0.15) is 5.26 Å². The Morgan fingerprint density at radius 3 is 2.45 bits per heavy atom. The molecule has 0 fully saturated rings. The number of carbonyl (C=O) groups is 1. The molecule has 0 amide bonds. The standard InChI is InChI=1S/C15H10BrNO3/c1-9-6-11(4-5-13(9)15(18)19)20-12-3-2-10(8-17)14(16)7-12/h2-7H,1H3,(H,18,19). The average Bonchev–Trinajstić information content (AvgIpc) is 2.38. The lowest BCUT2D eigenvalue weighted by atomic mass is 10.1. The van der Waals surface area contributed by atoms with Crippen LogP contribution in [0.2, 0.25) is 0 Å². The highest BCUT2D eigenvalue weighted by Gasteiger charge is 2.08. The lowest BCUT2D eigenvalue weighted by Crippen LogP contribution is -1.99. The maximum atomic E-state index is 10.9. The van der Waals surface area contributed by atoms with E-state index in [4.69, 9.17) is 15.1 Å². The summed E-state index contributed by atoms with van der Waals surface area (Å²) in [6, 6.07) is 11.8. The first-order chi connectivity index (χ1) is 9.51. The number of nitriles is 1. The van der Waals surface area contributed by atoms with Crippen molar-refractivity contribution in [3.63, 3.8) is 0 Å². The summed E-state index contributed by atoms with van der Waals surface area (Å²) in [5, 5.41) is 17.8. The van der Waals surface area contributed by atoms with Crippen LogP contribution >= 0.6 is 15.9 Å². The van der Waals surface area contributed by atoms with Gasteiger partial charge >= 0.3 is 5.97 Å². The summed E-state index contributed by atoms with van der Waals surface area (Å²) < 4.78 is 6.29. The smallest absolute Gasteiger partial charge is 0.335 e. The summed E-state index contributed by atoms with van der Waals surface area (Å²) in [6.07, 6.45) is 0. The number of benzene rings is 2. The van der Waals surface area contributed by atoms with Crippen molar-refractivity contribution in [3.05, 3.63) is 57.6 Å². The van der Waals surface area contributed by atoms with E-state index < -0.39 is 5.97 Å². The highest BCUT2D eigenvalue weighted by molar-refractivity contribution is 9.10. The monoisotopic (exact) mass is 331 g/mol. The lowest BCUT2D eigenvalue weighted by Gasteiger charge is -2.08. The van der Waals surface area contributed by atoms with Crippen LogP contribution in [0.4, 0.5) is 0 Å². The highest BCUT2D eigenvalue weighted by Crippen LogP contribution is 2.28. The Kier molecular flexibility index (Phi) is 4.06. The molecule has 0 aliphatic carbocycles. The number of ether oxygens (including phenoxy) is 1. The number of aromatic carboxylic acids is 1. The van der Waals surface area contributed by atoms with Gasteiger partial charge in [0, 0.05) is 4.47 Å². The van der Waals surface area contributed by atoms with Crippen LogP contribution in [-0.2, 0) is 0 Å². The number of carboxylic acid groups (broad SMARTS) is 1. The van der Waals surface area contributed by atoms with Crippen molar-refractivity contribution in [3.8, 4) is 17.6 Å². The van der Waals surface area contributed by atoms with Gasteiger partial charge in [0.15, 0.2) is 0 Å². The Morgan fingerprint density at radius 2 is 1.90 bits per heavy atom. The largest absolute Gasteiger partial charge is 0.478 e. The number of rotatable bonds is 3. The second-order valence-electron chi connectivity index (χ2n) is 4.14. The van der Waals surface area contributed by atoms with E-state index in [1.807, 2.05) is 6.07 Å². The number of nitrogens with zero attached hydrogens (tertiary/aromatic N) is 1. The maximum absolute atomic E-state index is 10.9. The Morgan fingerprint density at radius 1 is 1.25 bits per heavy atom. The molecule has 0 spiro atoms. The zero-order valence-corrected chi connectivity index (χ0v) is 12.1. The van der Waals surface area contributed by atoms with E-state index in [2.05, 4.69) is 15.9 Å². The third-order valence-electron chi connectivity index (χ3n) is 2.72. The molecular formula is C15H10BrNO3. The van der Waals surface area contributed by atoms with Crippen LogP contribution in [0.15, 0.2) is 40.9 Å². The molecule has 0 saturated heterocycles. The molecule has 0 heterocycles. The highest BCUT2D eigenvalue weighted by atomic mass is 79.9. The van der Waals surface area contributed by atoms with Crippen molar-refractivity contribution < 1.29 is 14.6 Å². The van der Waals surface area contributed by atoms with Crippen LogP contribution in [-0.4, -0.2) is 11.1 Å². The van der Waals surface area contributed by atoms with Gasteiger partial charge in [-0.15, -0.1) is 0 Å². The first-order valence-electron chi connectivity index (χ1n) is 5.72. The zero-order valence-electron chi connectivity index (χ0n) is 10.6. The SMILES string of the molecule is Cc1cc(Oc2ccc(C#N)c(Br)c2)ccc1C(=O)O. The van der Waals surface area contributed by atoms with Gasteiger partial charge in [0.05, 0.1) is 11.1 Å². The topological polar surface area (TPSA) is 70.3 Å². The summed E-state index contributed by atoms with van der Waals surface area (Å²) in [6.45, 7) is 1.71. The minimum Gasteiger partial charge on any atom is -0.478 e. The van der Waals surface area contributed by atoms with Gasteiger partial charge in [-0.25, -0.2) is 4.79 Å². The van der Waals surface area contributed by atoms with Crippen molar-refractivity contribution in [2.24, 2.45) is 0 Å². The molecule has 0 aliphatic heterocycles. The van der Waals surface area contributed by atoms with Crippen molar-refractivity contribution >= 4 is 21.9 Å². The summed E-state index contributed by atoms with van der Waals surface area (Å²) in [4.78, 5) is 10.9. The second-order valence-corrected chi connectivity index (χ2v) is 4.99. The van der Waals surface area contributed by atoms with Crippen molar-refractivity contribution in [2.75, 3.05) is 0 Å². The van der Waals surface area contributed by atoms with E-state index in [0.717, 1.165) is 0 Å². The molecular weight excluding hydrogens is 322 g/mol. The molecule has 1 N–H and O–H groups in total. The molecule has 2 rings (SSSR count). The summed E-state index contributed by atoms with van der Waals surface area (Å²) in [7, 11) is 0. The van der Waals surface area contributed by atoms with E-state index in [0.29, 0.717) is 27.1 Å². The fraction of sp³-hybridized carbons (Fsp3) is 0.0667. The Hall–Kier alpha value is -2.32. The van der Waals surface area contributed by atoms with Crippen LogP contribution in [0.5, 0.6) is 11.5 Å². The van der Waals surface area contributed by atoms with E-state index in [-0.39, 0.29) is 5.56 Å². The van der Waals surface area contributed by atoms with Crippen LogP contribution in [0.3, 0.4) is 0 Å². The minimum absolute atomic E-state index is 0.248. The zero-order chi connectivity index (χ0) is 14.7. The summed E-state index contributed by atoms with van der Waals surface area (Å²) in [5.74, 6) is 0.151. The average molecular weight is 332 g/mol. The number of hydrogen-bond acceptors (Lipinski definition) is 3. The molecule has 0 radical (unpaired) electrons. The van der Waals surface area contributed by atoms with Crippen LogP contribution in [0.1, 0.15) is 21.5 Å². The first kappa shape index (κ1) is 14.1. The molecule has 0 saturated carbocycles. The second kappa shape index (κ2) is 5.76. The van der Waals surface area contributed by atoms with E-state index in [1.165, 1.54) is 6.07 Å². The normalized spacial score (nSPS) is 9.85. The number of aryl methyl sites for hydroxylation is 1. The predicted molar refractivity (Wildman–Crippen MR) is 77.1 cm³/mol. The van der Waals surface area contributed by atoms with Gasteiger partial charge in [-0.05, 0) is 64.8 Å². The van der Waals surface area contributed by atoms with Gasteiger partial charge in [0.25, 0.3) is 0 Å². The fourth-order valence-corrected chi connectivity index (χ4v) is 2.17. The van der Waals surface area contributed by atoms with E-state index in [9.17, 15) is 4.79 Å². The fourth-order valence-electron chi connectivity index (χ4n) is 1.73. The lowest BCUT2D eigenvalue weighted by molar-refractivity contribution is 0.0696. The molecule has 4 nitrogen and oxygen atoms in total. The van der Waals surface area contributed by atoms with Crippen LogP contribution in [0.25, 0.3) is 0 Å². The van der Waals surface area contributed by atoms with Gasteiger partial charge in [-0.1, -0.05) is 0 Å². The van der Waals surface area contributed by atoms with Crippen molar-refractivity contribution in [1.82, 2.24) is 0 Å². The van der Waals surface area contributed by atoms with Crippen LogP contribution < -0.4 is 4.74 Å². The molecule has 0 bridgehead atoms. The molecule has 5 heteroatoms. The van der Waals surface area contributed by atoms with Gasteiger partial charge in [0.1, 0.15) is 17.6 Å². The summed E-state index contributed by atoms with van der Waals surface area (Å²) >= 11 is 3.29. The number of carboxylic acids is 1. The molecule has 0 aromatic heterocycles. The molecule has 2 aromatic rings. The van der Waals surface area contributed by atoms with Gasteiger partial charge < -0.3 is 9.84 Å². The predicted octanol–water partition coefficient (Wildman–Crippen LogP) is 4.12. The number of halogens is 1. The molecule has 0 unspecified atom stereocenters. The van der Waals surface area contributed by atoms with Gasteiger partial charge in [0.2, 0.25) is 0 Å². The quantitative estimate of drug-likeness (QED) is 0.918. The van der Waals surface area contributed by atoms with Gasteiger partial charge in [-0.3, -0.25) is 0 Å². The summed E-state index contributed by atoms with van der Waals surface area (Å²) in [5.41, 5.74) is 1.40. The maximum Gasteiger partial charge on any atom is 0.335 e.